The van der Waals surface area contributed by atoms with Crippen molar-refractivity contribution in [3.05, 3.63) is 34.9 Å². The third kappa shape index (κ3) is 3.30. The summed E-state index contributed by atoms with van der Waals surface area (Å²) in [6.45, 7) is 9.59. The van der Waals surface area contributed by atoms with E-state index in [4.69, 9.17) is 4.74 Å². The largest absolute Gasteiger partial charge is 0.369 e. The molecule has 1 heterocycles. The second-order valence-electron chi connectivity index (χ2n) is 5.40. The molecule has 1 N–H and O–H groups in total. The highest BCUT2D eigenvalue weighted by Crippen LogP contribution is 2.24. The van der Waals surface area contributed by atoms with Crippen molar-refractivity contribution < 1.29 is 4.74 Å². The van der Waals surface area contributed by atoms with Crippen molar-refractivity contribution in [3.63, 3.8) is 0 Å². The van der Waals surface area contributed by atoms with Crippen molar-refractivity contribution in [2.45, 2.75) is 52.4 Å². The van der Waals surface area contributed by atoms with Crippen LogP contribution in [0, 0.1) is 13.8 Å². The summed E-state index contributed by atoms with van der Waals surface area (Å²) in [6.07, 6.45) is 1.60. The van der Waals surface area contributed by atoms with Crippen molar-refractivity contribution in [2.75, 3.05) is 6.54 Å². The molecule has 1 aromatic rings. The first kappa shape index (κ1) is 12.6. The van der Waals surface area contributed by atoms with Crippen LogP contribution in [0.2, 0.25) is 0 Å². The maximum atomic E-state index is 6.12. The number of hydrogen-bond acceptors (Lipinski definition) is 2. The van der Waals surface area contributed by atoms with Crippen LogP contribution in [0.25, 0.3) is 0 Å². The zero-order valence-corrected chi connectivity index (χ0v) is 11.3. The fraction of sp³-hybridized carbons (Fsp3) is 0.600. The highest BCUT2D eigenvalue weighted by atomic mass is 16.5. The minimum atomic E-state index is 0.188. The van der Waals surface area contributed by atoms with Gasteiger partial charge in [0.25, 0.3) is 0 Å². The minimum Gasteiger partial charge on any atom is -0.369 e. The molecular weight excluding hydrogens is 210 g/mol. The Kier molecular flexibility index (Phi) is 3.85. The van der Waals surface area contributed by atoms with Gasteiger partial charge in [-0.25, -0.2) is 0 Å². The first-order chi connectivity index (χ1) is 8.04. The van der Waals surface area contributed by atoms with E-state index in [2.05, 4.69) is 51.2 Å². The van der Waals surface area contributed by atoms with Crippen molar-refractivity contribution in [1.82, 2.24) is 5.32 Å². The van der Waals surface area contributed by atoms with Gasteiger partial charge >= 0.3 is 0 Å². The predicted molar refractivity (Wildman–Crippen MR) is 71.3 cm³/mol. The van der Waals surface area contributed by atoms with Crippen LogP contribution in [0.15, 0.2) is 18.2 Å². The summed E-state index contributed by atoms with van der Waals surface area (Å²) < 4.78 is 6.12. The first-order valence-corrected chi connectivity index (χ1v) is 6.51. The number of benzene rings is 1. The number of ether oxygens (including phenoxy) is 1. The van der Waals surface area contributed by atoms with Gasteiger partial charge in [0.2, 0.25) is 0 Å². The maximum Gasteiger partial charge on any atom is 0.0953 e. The summed E-state index contributed by atoms with van der Waals surface area (Å²) in [5.41, 5.74) is 3.93. The van der Waals surface area contributed by atoms with Crippen LogP contribution in [-0.2, 0) is 4.74 Å². The zero-order valence-electron chi connectivity index (χ0n) is 11.3. The van der Waals surface area contributed by atoms with Gasteiger partial charge in [-0.2, -0.15) is 0 Å². The molecule has 0 radical (unpaired) electrons. The number of rotatable bonds is 1. The molecule has 94 valence electrons. The average Bonchev–Trinajstić information content (AvgIpc) is 2.38. The molecule has 3 atom stereocenters. The van der Waals surface area contributed by atoms with Gasteiger partial charge in [0.15, 0.2) is 0 Å². The normalized spacial score (nSPS) is 30.0. The van der Waals surface area contributed by atoms with Crippen molar-refractivity contribution in [3.8, 4) is 0 Å². The molecular formula is C15H23NO. The maximum absolute atomic E-state index is 6.12. The van der Waals surface area contributed by atoms with Crippen molar-refractivity contribution in [1.29, 1.82) is 0 Å². The molecule has 17 heavy (non-hydrogen) atoms. The van der Waals surface area contributed by atoms with Gasteiger partial charge < -0.3 is 10.1 Å². The van der Waals surface area contributed by atoms with Gasteiger partial charge in [-0.1, -0.05) is 29.3 Å². The molecule has 0 spiro atoms. The van der Waals surface area contributed by atoms with Crippen LogP contribution in [0.1, 0.15) is 43.1 Å². The van der Waals surface area contributed by atoms with Crippen molar-refractivity contribution >= 4 is 0 Å². The van der Waals surface area contributed by atoms with Gasteiger partial charge in [-0.3, -0.25) is 0 Å². The van der Waals surface area contributed by atoms with E-state index in [0.29, 0.717) is 12.1 Å². The lowest BCUT2D eigenvalue weighted by molar-refractivity contribution is 0.00713. The molecule has 1 saturated heterocycles. The molecule has 0 bridgehead atoms. The van der Waals surface area contributed by atoms with E-state index < -0.39 is 0 Å². The first-order valence-electron chi connectivity index (χ1n) is 6.51. The summed E-state index contributed by atoms with van der Waals surface area (Å²) in [5, 5.41) is 3.54. The summed E-state index contributed by atoms with van der Waals surface area (Å²) in [4.78, 5) is 0. The van der Waals surface area contributed by atoms with Gasteiger partial charge in [0.05, 0.1) is 12.2 Å². The fourth-order valence-corrected chi connectivity index (χ4v) is 2.67. The molecule has 0 amide bonds. The Balaban J connectivity index is 2.20. The van der Waals surface area contributed by atoms with E-state index in [1.807, 2.05) is 0 Å². The van der Waals surface area contributed by atoms with E-state index in [9.17, 15) is 0 Å². The Bertz CT molecular complexity index is 368. The Hall–Kier alpha value is -0.860. The Labute approximate surface area is 104 Å². The molecule has 1 aliphatic heterocycles. The topological polar surface area (TPSA) is 21.3 Å². The second-order valence-corrected chi connectivity index (χ2v) is 5.40. The van der Waals surface area contributed by atoms with Crippen LogP contribution in [0.4, 0.5) is 0 Å². The van der Waals surface area contributed by atoms with Crippen LogP contribution < -0.4 is 5.32 Å². The monoisotopic (exact) mass is 233 g/mol. The number of aryl methyl sites for hydroxylation is 2. The molecule has 0 aromatic heterocycles. The third-order valence-electron chi connectivity index (χ3n) is 3.35. The van der Waals surface area contributed by atoms with Gasteiger partial charge in [-0.15, -0.1) is 0 Å². The van der Waals surface area contributed by atoms with Crippen LogP contribution in [0.3, 0.4) is 0 Å². The van der Waals surface area contributed by atoms with Gasteiger partial charge in [0.1, 0.15) is 0 Å². The van der Waals surface area contributed by atoms with E-state index in [1.165, 1.54) is 16.7 Å². The van der Waals surface area contributed by atoms with Crippen molar-refractivity contribution in [2.24, 2.45) is 0 Å². The molecule has 2 nitrogen and oxygen atoms in total. The highest BCUT2D eigenvalue weighted by molar-refractivity contribution is 5.30. The highest BCUT2D eigenvalue weighted by Gasteiger charge is 2.22. The second kappa shape index (κ2) is 5.19. The fourth-order valence-electron chi connectivity index (χ4n) is 2.67. The summed E-state index contributed by atoms with van der Waals surface area (Å²) in [5.74, 6) is 0. The molecule has 1 aromatic carbocycles. The molecule has 1 aliphatic rings. The zero-order chi connectivity index (χ0) is 12.4. The number of hydrogen-bond donors (Lipinski definition) is 1. The summed E-state index contributed by atoms with van der Waals surface area (Å²) in [6, 6.07) is 7.23. The lowest BCUT2D eigenvalue weighted by Crippen LogP contribution is -2.28. The molecule has 3 unspecified atom stereocenters. The Morgan fingerprint density at radius 3 is 2.41 bits per heavy atom. The van der Waals surface area contributed by atoms with Gasteiger partial charge in [0, 0.05) is 12.6 Å². The smallest absolute Gasteiger partial charge is 0.0953 e. The molecule has 1 fully saturated rings. The SMILES string of the molecule is Cc1cc(C)cc(C2CNC(C)CC(C)O2)c1. The van der Waals surface area contributed by atoms with E-state index >= 15 is 0 Å². The standard InChI is InChI=1S/C15H23NO/c1-10-5-11(2)7-14(6-10)15-9-16-12(3)8-13(4)17-15/h5-7,12-13,15-16H,8-9H2,1-4H3. The minimum absolute atomic E-state index is 0.188. The molecule has 2 rings (SSSR count). The third-order valence-corrected chi connectivity index (χ3v) is 3.35. The lowest BCUT2D eigenvalue weighted by Gasteiger charge is -2.19. The molecule has 0 aliphatic carbocycles. The predicted octanol–water partition coefficient (Wildman–Crippen LogP) is 3.13. The number of nitrogens with one attached hydrogen (secondary N) is 1. The molecule has 0 saturated carbocycles. The van der Waals surface area contributed by atoms with E-state index in [1.54, 1.807) is 0 Å². The summed E-state index contributed by atoms with van der Waals surface area (Å²) in [7, 11) is 0. The van der Waals surface area contributed by atoms with Crippen LogP contribution >= 0.6 is 0 Å². The lowest BCUT2D eigenvalue weighted by atomic mass is 10.0. The quantitative estimate of drug-likeness (QED) is 0.804. The average molecular weight is 233 g/mol. The Morgan fingerprint density at radius 2 is 1.76 bits per heavy atom. The summed E-state index contributed by atoms with van der Waals surface area (Å²) >= 11 is 0. The molecule has 2 heteroatoms. The Morgan fingerprint density at radius 1 is 1.12 bits per heavy atom. The van der Waals surface area contributed by atoms with E-state index in [0.717, 1.165) is 13.0 Å². The van der Waals surface area contributed by atoms with E-state index in [-0.39, 0.29) is 6.10 Å². The van der Waals surface area contributed by atoms with Gasteiger partial charge in [-0.05, 0) is 39.7 Å². The van der Waals surface area contributed by atoms with Crippen LogP contribution in [0.5, 0.6) is 0 Å². The van der Waals surface area contributed by atoms with Crippen LogP contribution in [-0.4, -0.2) is 18.7 Å².